The molecule has 1 aliphatic heterocycles. The van der Waals surface area contributed by atoms with E-state index in [1.807, 2.05) is 0 Å². The van der Waals surface area contributed by atoms with E-state index < -0.39 is 21.8 Å². The third-order valence-corrected chi connectivity index (χ3v) is 6.44. The number of carboxylic acid groups (broad SMARTS) is 1. The van der Waals surface area contributed by atoms with Crippen molar-refractivity contribution < 1.29 is 22.7 Å². The molecule has 2 N–H and O–H groups in total. The monoisotopic (exact) mass is 370 g/mol. The fraction of sp³-hybridized carbons (Fsp3) is 0.588. The highest BCUT2D eigenvalue weighted by Gasteiger charge is 2.38. The molecule has 2 aliphatic rings. The zero-order valence-corrected chi connectivity index (χ0v) is 14.7. The van der Waals surface area contributed by atoms with Gasteiger partial charge in [-0.2, -0.15) is 0 Å². The van der Waals surface area contributed by atoms with E-state index in [9.17, 15) is 17.6 Å². The number of halogens is 1. The van der Waals surface area contributed by atoms with E-state index in [1.165, 1.54) is 18.2 Å². The van der Waals surface area contributed by atoms with Crippen LogP contribution in [0.1, 0.15) is 32.1 Å². The third-order valence-electron chi connectivity index (χ3n) is 4.98. The van der Waals surface area contributed by atoms with Crippen LogP contribution in [0.15, 0.2) is 29.2 Å². The predicted molar refractivity (Wildman–Crippen MR) is 90.1 cm³/mol. The molecule has 1 aromatic rings. The summed E-state index contributed by atoms with van der Waals surface area (Å²) in [6.07, 6.45) is 3.84. The molecule has 0 bridgehead atoms. The van der Waals surface area contributed by atoms with Gasteiger partial charge in [-0.05, 0) is 43.7 Å². The van der Waals surface area contributed by atoms with Crippen LogP contribution in [0.5, 0.6) is 0 Å². The summed E-state index contributed by atoms with van der Waals surface area (Å²) in [5.41, 5.74) is 0. The van der Waals surface area contributed by atoms with Crippen LogP contribution in [0.4, 0.5) is 4.39 Å². The van der Waals surface area contributed by atoms with Gasteiger partial charge in [0, 0.05) is 25.2 Å². The summed E-state index contributed by atoms with van der Waals surface area (Å²) < 4.78 is 40.9. The summed E-state index contributed by atoms with van der Waals surface area (Å²) in [5, 5.41) is 9.09. The summed E-state index contributed by atoms with van der Waals surface area (Å²) in [6.45, 7) is 0.976. The maximum absolute atomic E-state index is 13.8. The van der Waals surface area contributed by atoms with Crippen molar-refractivity contribution in [1.82, 2.24) is 9.62 Å². The molecule has 138 valence electrons. The van der Waals surface area contributed by atoms with Gasteiger partial charge in [0.15, 0.2) is 0 Å². The Morgan fingerprint density at radius 2 is 1.88 bits per heavy atom. The molecule has 1 saturated heterocycles. The van der Waals surface area contributed by atoms with Crippen molar-refractivity contribution >= 4 is 16.0 Å². The summed E-state index contributed by atoms with van der Waals surface area (Å²) in [6, 6.07) is 5.18. The van der Waals surface area contributed by atoms with Crippen LogP contribution in [0.3, 0.4) is 0 Å². The number of hydrogen-bond donors (Lipinski definition) is 2. The number of aliphatic carboxylic acids is 1. The minimum Gasteiger partial charge on any atom is -0.481 e. The Labute approximate surface area is 147 Å². The van der Waals surface area contributed by atoms with E-state index in [0.29, 0.717) is 5.92 Å². The van der Waals surface area contributed by atoms with Gasteiger partial charge in [0.1, 0.15) is 10.7 Å². The molecule has 0 aromatic heterocycles. The summed E-state index contributed by atoms with van der Waals surface area (Å²) in [7, 11) is -3.92. The highest BCUT2D eigenvalue weighted by Crippen LogP contribution is 2.35. The van der Waals surface area contributed by atoms with Gasteiger partial charge < -0.3 is 5.11 Å². The number of likely N-dealkylation sites (tertiary alicyclic amines) is 1. The quantitative estimate of drug-likeness (QED) is 0.729. The molecule has 25 heavy (non-hydrogen) atoms. The minimum atomic E-state index is -3.92. The average Bonchev–Trinajstić information content (AvgIpc) is 3.29. The van der Waals surface area contributed by atoms with Crippen LogP contribution in [0.2, 0.25) is 0 Å². The predicted octanol–water partition coefficient (Wildman–Crippen LogP) is 1.82. The van der Waals surface area contributed by atoms with Crippen molar-refractivity contribution in [3.63, 3.8) is 0 Å². The van der Waals surface area contributed by atoms with Crippen molar-refractivity contribution in [2.75, 3.05) is 13.1 Å². The molecule has 2 fully saturated rings. The van der Waals surface area contributed by atoms with Crippen LogP contribution >= 0.6 is 0 Å². The number of nitrogens with zero attached hydrogens (tertiary/aromatic N) is 1. The lowest BCUT2D eigenvalue weighted by Crippen LogP contribution is -2.44. The molecule has 1 aliphatic carbocycles. The van der Waals surface area contributed by atoms with Crippen molar-refractivity contribution in [2.45, 2.75) is 49.1 Å². The number of carboxylic acids is 1. The van der Waals surface area contributed by atoms with Crippen molar-refractivity contribution in [1.29, 1.82) is 0 Å². The smallest absolute Gasteiger partial charge is 0.304 e. The van der Waals surface area contributed by atoms with Gasteiger partial charge in [-0.15, -0.1) is 0 Å². The highest BCUT2D eigenvalue weighted by atomic mass is 32.2. The first-order chi connectivity index (χ1) is 11.9. The lowest BCUT2D eigenvalue weighted by molar-refractivity contribution is -0.138. The van der Waals surface area contributed by atoms with E-state index >= 15 is 0 Å². The Hall–Kier alpha value is -1.51. The molecular weight excluding hydrogens is 347 g/mol. The fourth-order valence-corrected chi connectivity index (χ4v) is 4.65. The first kappa shape index (κ1) is 18.3. The Morgan fingerprint density at radius 3 is 2.52 bits per heavy atom. The highest BCUT2D eigenvalue weighted by molar-refractivity contribution is 7.89. The third kappa shape index (κ3) is 4.56. The van der Waals surface area contributed by atoms with Gasteiger partial charge in [0.25, 0.3) is 0 Å². The number of hydrogen-bond acceptors (Lipinski definition) is 4. The van der Waals surface area contributed by atoms with Gasteiger partial charge in [-0.3, -0.25) is 9.69 Å². The van der Waals surface area contributed by atoms with Gasteiger partial charge in [-0.1, -0.05) is 12.1 Å². The van der Waals surface area contributed by atoms with Crippen molar-refractivity contribution in [2.24, 2.45) is 5.92 Å². The van der Waals surface area contributed by atoms with E-state index in [4.69, 9.17) is 5.11 Å². The number of sulfonamides is 1. The van der Waals surface area contributed by atoms with E-state index in [2.05, 4.69) is 9.62 Å². The molecular formula is C17H23FN2O4S. The Balaban J connectivity index is 1.66. The molecule has 6 nitrogen and oxygen atoms in total. The fourth-order valence-electron chi connectivity index (χ4n) is 3.50. The van der Waals surface area contributed by atoms with Crippen LogP contribution in [0.25, 0.3) is 0 Å². The number of nitrogens with one attached hydrogen (secondary N) is 1. The second kappa shape index (κ2) is 7.39. The molecule has 2 atom stereocenters. The van der Waals surface area contributed by atoms with E-state index in [1.54, 1.807) is 0 Å². The molecule has 8 heteroatoms. The molecule has 1 aromatic carbocycles. The molecule has 1 saturated carbocycles. The van der Waals surface area contributed by atoms with Crippen LogP contribution < -0.4 is 4.72 Å². The minimum absolute atomic E-state index is 0.0495. The van der Waals surface area contributed by atoms with Gasteiger partial charge in [-0.25, -0.2) is 17.5 Å². The summed E-state index contributed by atoms with van der Waals surface area (Å²) in [5.74, 6) is -1.03. The molecule has 0 radical (unpaired) electrons. The number of rotatable bonds is 8. The maximum atomic E-state index is 13.8. The first-order valence-corrected chi connectivity index (χ1v) is 10.1. The largest absolute Gasteiger partial charge is 0.481 e. The summed E-state index contributed by atoms with van der Waals surface area (Å²) >= 11 is 0. The van der Waals surface area contributed by atoms with Crippen LogP contribution in [-0.2, 0) is 14.8 Å². The molecule has 0 spiro atoms. The second-order valence-electron chi connectivity index (χ2n) is 6.91. The normalized spacial score (nSPS) is 24.5. The van der Waals surface area contributed by atoms with E-state index in [-0.39, 0.29) is 29.9 Å². The van der Waals surface area contributed by atoms with Gasteiger partial charge in [0.05, 0.1) is 6.42 Å². The standard InChI is InChI=1S/C17H23FN2O4S/c18-15-3-1-2-4-16(15)25(23,24)19-10-14-8-7-13(9-17(21)22)20(14)11-12-5-6-12/h1-4,12-14,19H,5-11H2,(H,21,22)/t13-,14+/m1/s1. The lowest BCUT2D eigenvalue weighted by atomic mass is 10.1. The van der Waals surface area contributed by atoms with Crippen LogP contribution in [0, 0.1) is 11.7 Å². The van der Waals surface area contributed by atoms with Crippen LogP contribution in [-0.4, -0.2) is 49.6 Å². The zero-order chi connectivity index (χ0) is 18.0. The average molecular weight is 370 g/mol. The molecule has 1 heterocycles. The molecule has 3 rings (SSSR count). The van der Waals surface area contributed by atoms with Gasteiger partial charge >= 0.3 is 5.97 Å². The molecule has 0 amide bonds. The van der Waals surface area contributed by atoms with Crippen molar-refractivity contribution in [3.05, 3.63) is 30.1 Å². The zero-order valence-electron chi connectivity index (χ0n) is 13.9. The second-order valence-corrected chi connectivity index (χ2v) is 8.64. The maximum Gasteiger partial charge on any atom is 0.304 e. The van der Waals surface area contributed by atoms with Crippen molar-refractivity contribution in [3.8, 4) is 0 Å². The first-order valence-electron chi connectivity index (χ1n) is 8.58. The number of benzene rings is 1. The lowest BCUT2D eigenvalue weighted by Gasteiger charge is -2.29. The van der Waals surface area contributed by atoms with Gasteiger partial charge in [0.2, 0.25) is 10.0 Å². The Kier molecular flexibility index (Phi) is 5.41. The summed E-state index contributed by atoms with van der Waals surface area (Å²) in [4.78, 5) is 12.8. The Bertz CT molecular complexity index is 736. The SMILES string of the molecule is O=C(O)C[C@H]1CC[C@@H](CNS(=O)(=O)c2ccccc2F)N1CC1CC1. The van der Waals surface area contributed by atoms with E-state index in [0.717, 1.165) is 38.3 Å². The molecule has 0 unspecified atom stereocenters. The number of carbonyl (C=O) groups is 1. The Morgan fingerprint density at radius 1 is 1.20 bits per heavy atom. The topological polar surface area (TPSA) is 86.7 Å².